The van der Waals surface area contributed by atoms with Crippen molar-refractivity contribution in [3.63, 3.8) is 0 Å². The normalized spacial score (nSPS) is 25.6. The summed E-state index contributed by atoms with van der Waals surface area (Å²) in [4.78, 5) is 63.7. The summed E-state index contributed by atoms with van der Waals surface area (Å²) in [5, 5.41) is 80.6. The molecule has 11 N–H and O–H groups in total. The van der Waals surface area contributed by atoms with E-state index in [0.29, 0.717) is 25.7 Å². The van der Waals surface area contributed by atoms with Gasteiger partial charge in [-0.15, -0.1) is 0 Å². The van der Waals surface area contributed by atoms with E-state index >= 15 is 0 Å². The Morgan fingerprint density at radius 3 is 1.54 bits per heavy atom. The summed E-state index contributed by atoms with van der Waals surface area (Å²) in [6, 6.07) is -1.17. The molecule has 2 aliphatic rings. The SMILES string of the molecule is CCCCCCCCCCCCCCCC(=O)N[C@H]1C(OCCNC(=O)CN(CC(=O)NCCCCCC(=O)O)CC(=O)NCCO[C@@H]2O[C@@H](C)[C@@H](O)[C@@H](O)[C@@H]2O)O[C@H](CO)[C@@H](O)[C@@H]1O. The molecule has 2 rings (SSSR count). The number of ether oxygens (including phenoxy) is 4. The second-order valence-corrected chi connectivity index (χ2v) is 17.1. The van der Waals surface area contributed by atoms with Crippen LogP contribution in [0.25, 0.3) is 0 Å². The lowest BCUT2D eigenvalue weighted by atomic mass is 9.96. The van der Waals surface area contributed by atoms with Crippen molar-refractivity contribution in [2.75, 3.05) is 59.1 Å². The molecule has 2 saturated heterocycles. The molecular formula is C44H81N5O16. The van der Waals surface area contributed by atoms with Crippen LogP contribution in [0.15, 0.2) is 0 Å². The summed E-state index contributed by atoms with van der Waals surface area (Å²) >= 11 is 0. The summed E-state index contributed by atoms with van der Waals surface area (Å²) in [6.45, 7) is 1.73. The van der Waals surface area contributed by atoms with Gasteiger partial charge in [0.05, 0.1) is 45.6 Å². The van der Waals surface area contributed by atoms with Crippen molar-refractivity contribution in [2.24, 2.45) is 0 Å². The van der Waals surface area contributed by atoms with E-state index < -0.39 is 98.2 Å². The van der Waals surface area contributed by atoms with E-state index in [-0.39, 0.29) is 64.7 Å². The smallest absolute Gasteiger partial charge is 0.303 e. The molecule has 4 amide bonds. The molecule has 378 valence electrons. The molecule has 0 radical (unpaired) electrons. The van der Waals surface area contributed by atoms with Crippen LogP contribution >= 0.6 is 0 Å². The number of rotatable bonds is 36. The molecule has 0 bridgehead atoms. The van der Waals surface area contributed by atoms with E-state index in [1.165, 1.54) is 69.6 Å². The number of aliphatic carboxylic acids is 1. The van der Waals surface area contributed by atoms with Crippen molar-refractivity contribution < 1.29 is 78.7 Å². The van der Waals surface area contributed by atoms with Gasteiger partial charge in [0.25, 0.3) is 0 Å². The van der Waals surface area contributed by atoms with E-state index in [4.69, 9.17) is 24.1 Å². The Bertz CT molecular complexity index is 1350. The zero-order valence-corrected chi connectivity index (χ0v) is 38.6. The minimum absolute atomic E-state index is 0.0130. The molecule has 0 saturated carbocycles. The third kappa shape index (κ3) is 24.5. The number of nitrogens with one attached hydrogen (secondary N) is 4. The first-order valence-corrected chi connectivity index (χ1v) is 23.8. The van der Waals surface area contributed by atoms with Crippen LogP contribution in [0, 0.1) is 0 Å². The van der Waals surface area contributed by atoms with Crippen LogP contribution in [0.1, 0.15) is 129 Å². The van der Waals surface area contributed by atoms with Gasteiger partial charge in [0, 0.05) is 32.5 Å². The standard InChI is InChI=1S/C44H81N5O16/c1-3-4-5-6-7-8-9-10-11-12-13-14-16-19-32(51)48-37-40(59)39(58)31(29-50)65-43(37)62-24-22-46-34(53)27-49(26-33(52)45-21-18-15-17-20-36(55)56)28-35(54)47-23-25-63-44-42(61)41(60)38(57)30(2)64-44/h30-31,37-44,50,57-61H,3-29H2,1-2H3,(H,45,52)(H,46,53)(H,47,54)(H,48,51)(H,55,56)/t30-,31+,37+,38+,39+,40+,41+,42-,43?,44+/m0/s1. The molecule has 1 unspecified atom stereocenters. The number of carbonyl (C=O) groups is 5. The monoisotopic (exact) mass is 936 g/mol. The maximum atomic E-state index is 13.1. The van der Waals surface area contributed by atoms with Crippen LogP contribution in [0.3, 0.4) is 0 Å². The summed E-state index contributed by atoms with van der Waals surface area (Å²) in [5.74, 6) is -2.91. The van der Waals surface area contributed by atoms with E-state index in [2.05, 4.69) is 28.2 Å². The molecule has 0 aromatic carbocycles. The fourth-order valence-electron chi connectivity index (χ4n) is 7.57. The van der Waals surface area contributed by atoms with Gasteiger partial charge in [-0.05, 0) is 26.2 Å². The predicted octanol–water partition coefficient (Wildman–Crippen LogP) is -0.452. The van der Waals surface area contributed by atoms with Crippen LogP contribution in [0.5, 0.6) is 0 Å². The van der Waals surface area contributed by atoms with Gasteiger partial charge in [0.1, 0.15) is 42.7 Å². The van der Waals surface area contributed by atoms with Crippen LogP contribution in [0.4, 0.5) is 0 Å². The second kappa shape index (κ2) is 34.2. The van der Waals surface area contributed by atoms with E-state index in [0.717, 1.165) is 19.3 Å². The quantitative estimate of drug-likeness (QED) is 0.0355. The average molecular weight is 936 g/mol. The van der Waals surface area contributed by atoms with Crippen molar-refractivity contribution in [1.82, 2.24) is 26.2 Å². The van der Waals surface area contributed by atoms with Gasteiger partial charge in [-0.25, -0.2) is 0 Å². The van der Waals surface area contributed by atoms with Gasteiger partial charge in [0.2, 0.25) is 23.6 Å². The van der Waals surface area contributed by atoms with Crippen LogP contribution in [0.2, 0.25) is 0 Å². The first-order valence-electron chi connectivity index (χ1n) is 23.8. The van der Waals surface area contributed by atoms with Gasteiger partial charge in [-0.2, -0.15) is 0 Å². The van der Waals surface area contributed by atoms with E-state index in [1.54, 1.807) is 0 Å². The third-order valence-corrected chi connectivity index (χ3v) is 11.4. The molecule has 0 aliphatic carbocycles. The third-order valence-electron chi connectivity index (χ3n) is 11.4. The molecule has 21 heteroatoms. The highest BCUT2D eigenvalue weighted by molar-refractivity contribution is 5.84. The molecule has 2 aliphatic heterocycles. The molecule has 21 nitrogen and oxygen atoms in total. The Hall–Kier alpha value is -3.09. The minimum Gasteiger partial charge on any atom is -0.481 e. The molecule has 65 heavy (non-hydrogen) atoms. The fraction of sp³-hybridized carbons (Fsp3) is 0.886. The van der Waals surface area contributed by atoms with Crippen molar-refractivity contribution in [2.45, 2.75) is 191 Å². The van der Waals surface area contributed by atoms with Gasteiger partial charge < -0.3 is 76.0 Å². The number of carboxylic acids is 1. The highest BCUT2D eigenvalue weighted by Crippen LogP contribution is 2.23. The summed E-state index contributed by atoms with van der Waals surface area (Å²) < 4.78 is 22.3. The Morgan fingerprint density at radius 2 is 1.02 bits per heavy atom. The number of amides is 4. The molecule has 0 aromatic rings. The minimum atomic E-state index is -1.52. The highest BCUT2D eigenvalue weighted by atomic mass is 16.7. The Balaban J connectivity index is 1.84. The Labute approximate surface area is 383 Å². The largest absolute Gasteiger partial charge is 0.481 e. The van der Waals surface area contributed by atoms with Crippen molar-refractivity contribution in [3.05, 3.63) is 0 Å². The lowest BCUT2D eigenvalue weighted by Crippen LogP contribution is -2.64. The van der Waals surface area contributed by atoms with Gasteiger partial charge in [-0.3, -0.25) is 28.9 Å². The van der Waals surface area contributed by atoms with Gasteiger partial charge in [0.15, 0.2) is 12.6 Å². The van der Waals surface area contributed by atoms with Gasteiger partial charge >= 0.3 is 5.97 Å². The second-order valence-electron chi connectivity index (χ2n) is 17.1. The highest BCUT2D eigenvalue weighted by Gasteiger charge is 2.46. The number of hydrogen-bond acceptors (Lipinski definition) is 16. The topological polar surface area (TPSA) is 315 Å². The Kier molecular flexibility index (Phi) is 30.6. The van der Waals surface area contributed by atoms with Crippen LogP contribution in [-0.4, -0.2) is 191 Å². The van der Waals surface area contributed by atoms with Crippen LogP contribution in [-0.2, 0) is 42.9 Å². The molecule has 2 fully saturated rings. The van der Waals surface area contributed by atoms with E-state index in [9.17, 15) is 54.6 Å². The number of nitrogens with zero attached hydrogens (tertiary/aromatic N) is 1. The van der Waals surface area contributed by atoms with Crippen LogP contribution < -0.4 is 21.3 Å². The number of unbranched alkanes of at least 4 members (excludes halogenated alkanes) is 14. The number of aliphatic hydroxyl groups is 6. The van der Waals surface area contributed by atoms with Crippen molar-refractivity contribution in [3.8, 4) is 0 Å². The lowest BCUT2D eigenvalue weighted by Gasteiger charge is -2.42. The number of hydrogen-bond donors (Lipinski definition) is 11. The number of carboxylic acid groups (broad SMARTS) is 1. The molecule has 0 spiro atoms. The Morgan fingerprint density at radius 1 is 0.538 bits per heavy atom. The number of aliphatic hydroxyl groups excluding tert-OH is 6. The maximum absolute atomic E-state index is 13.1. The van der Waals surface area contributed by atoms with Crippen molar-refractivity contribution >= 4 is 29.6 Å². The summed E-state index contributed by atoms with van der Waals surface area (Å²) in [5.41, 5.74) is 0. The summed E-state index contributed by atoms with van der Waals surface area (Å²) in [7, 11) is 0. The average Bonchev–Trinajstić information content (AvgIpc) is 3.26. The molecule has 10 atom stereocenters. The molecular weight excluding hydrogens is 855 g/mol. The first-order chi connectivity index (χ1) is 31.2. The predicted molar refractivity (Wildman–Crippen MR) is 236 cm³/mol. The zero-order chi connectivity index (χ0) is 48.0. The van der Waals surface area contributed by atoms with Gasteiger partial charge in [-0.1, -0.05) is 90.4 Å². The van der Waals surface area contributed by atoms with E-state index in [1.807, 2.05) is 0 Å². The fourth-order valence-corrected chi connectivity index (χ4v) is 7.57. The first kappa shape index (κ1) is 58.0. The lowest BCUT2D eigenvalue weighted by molar-refractivity contribution is -0.292. The zero-order valence-electron chi connectivity index (χ0n) is 38.6. The molecule has 2 heterocycles. The summed E-state index contributed by atoms with van der Waals surface area (Å²) in [6.07, 6.45) is 4.97. The number of carbonyl (C=O) groups excluding carboxylic acids is 4. The maximum Gasteiger partial charge on any atom is 0.303 e. The van der Waals surface area contributed by atoms with Crippen molar-refractivity contribution in [1.29, 1.82) is 0 Å². The molecule has 0 aromatic heterocycles.